The highest BCUT2D eigenvalue weighted by molar-refractivity contribution is 7.91. The maximum absolute atomic E-state index is 12.5. The number of alkyl halides is 2. The summed E-state index contributed by atoms with van der Waals surface area (Å²) in [6.45, 7) is 5.04. The van der Waals surface area contributed by atoms with E-state index in [0.29, 0.717) is 5.69 Å². The third-order valence-electron chi connectivity index (χ3n) is 4.04. The van der Waals surface area contributed by atoms with E-state index < -0.39 is 38.5 Å². The van der Waals surface area contributed by atoms with Gasteiger partial charge in [0.2, 0.25) is 9.84 Å². The van der Waals surface area contributed by atoms with Crippen molar-refractivity contribution in [3.8, 4) is 0 Å². The number of rotatable bonds is 6. The van der Waals surface area contributed by atoms with E-state index in [1.165, 1.54) is 6.92 Å². The predicted octanol–water partition coefficient (Wildman–Crippen LogP) is 3.48. The van der Waals surface area contributed by atoms with Crippen LogP contribution in [0.15, 0.2) is 47.4 Å². The molecule has 0 aliphatic rings. The molecular formula is C19H19F2NO5S. The van der Waals surface area contributed by atoms with Crippen molar-refractivity contribution >= 4 is 27.4 Å². The molecule has 6 nitrogen and oxygen atoms in total. The molecule has 0 bridgehead atoms. The first-order valence-electron chi connectivity index (χ1n) is 8.24. The lowest BCUT2D eigenvalue weighted by atomic mass is 10.1. The van der Waals surface area contributed by atoms with Gasteiger partial charge in [0, 0.05) is 5.69 Å². The highest BCUT2D eigenvalue weighted by atomic mass is 32.2. The SMILES string of the molecule is Cc1cccc(C)c1NC(=O)[C@H](C)OC(=O)c1ccc(S(=O)(=O)C(F)F)cc1. The minimum absolute atomic E-state index is 0.0695. The van der Waals surface area contributed by atoms with E-state index in [9.17, 15) is 26.8 Å². The molecule has 0 unspecified atom stereocenters. The number of aryl methyl sites for hydroxylation is 2. The molecule has 9 heteroatoms. The van der Waals surface area contributed by atoms with Crippen LogP contribution in [0.4, 0.5) is 14.5 Å². The number of carbonyl (C=O) groups excluding carboxylic acids is 2. The Morgan fingerprint density at radius 1 is 1.00 bits per heavy atom. The number of para-hydroxylation sites is 1. The minimum atomic E-state index is -4.75. The topological polar surface area (TPSA) is 89.5 Å². The van der Waals surface area contributed by atoms with Crippen LogP contribution in [-0.2, 0) is 19.4 Å². The summed E-state index contributed by atoms with van der Waals surface area (Å²) in [5.41, 5.74) is 2.25. The van der Waals surface area contributed by atoms with Crippen LogP contribution in [-0.4, -0.2) is 32.2 Å². The second-order valence-corrected chi connectivity index (χ2v) is 8.05. The summed E-state index contributed by atoms with van der Waals surface area (Å²) in [6, 6.07) is 9.38. The Labute approximate surface area is 161 Å². The summed E-state index contributed by atoms with van der Waals surface area (Å²) in [6.07, 6.45) is -1.13. The average molecular weight is 411 g/mol. The second kappa shape index (κ2) is 8.47. The maximum Gasteiger partial charge on any atom is 0.341 e. The van der Waals surface area contributed by atoms with Gasteiger partial charge in [-0.2, -0.15) is 8.78 Å². The van der Waals surface area contributed by atoms with E-state index in [2.05, 4.69) is 5.32 Å². The van der Waals surface area contributed by atoms with Gasteiger partial charge in [-0.05, 0) is 56.2 Å². The molecule has 0 heterocycles. The molecule has 0 fully saturated rings. The summed E-state index contributed by atoms with van der Waals surface area (Å²) in [5.74, 6) is -4.98. The van der Waals surface area contributed by atoms with Gasteiger partial charge in [0.15, 0.2) is 6.10 Å². The van der Waals surface area contributed by atoms with Gasteiger partial charge in [0.1, 0.15) is 0 Å². The van der Waals surface area contributed by atoms with Crippen molar-refractivity contribution in [1.29, 1.82) is 0 Å². The van der Waals surface area contributed by atoms with E-state index in [4.69, 9.17) is 4.74 Å². The Morgan fingerprint density at radius 2 is 1.54 bits per heavy atom. The zero-order chi connectivity index (χ0) is 21.1. The normalized spacial score (nSPS) is 12.5. The van der Waals surface area contributed by atoms with E-state index in [0.717, 1.165) is 35.4 Å². The smallest absolute Gasteiger partial charge is 0.341 e. The molecule has 1 atom stereocenters. The van der Waals surface area contributed by atoms with Gasteiger partial charge in [-0.25, -0.2) is 13.2 Å². The third kappa shape index (κ3) is 4.72. The number of anilines is 1. The van der Waals surface area contributed by atoms with Crippen LogP contribution in [0.3, 0.4) is 0 Å². The standard InChI is InChI=1S/C19H19F2NO5S/c1-11-5-4-6-12(2)16(11)22-17(23)13(3)27-18(24)14-7-9-15(10-8-14)28(25,26)19(20)21/h4-10,13,19H,1-3H3,(H,22,23)/t13-/m0/s1. The van der Waals surface area contributed by atoms with Crippen LogP contribution in [0.25, 0.3) is 0 Å². The molecular weight excluding hydrogens is 392 g/mol. The summed E-state index contributed by atoms with van der Waals surface area (Å²) < 4.78 is 52.9. The number of sulfone groups is 1. The van der Waals surface area contributed by atoms with Crippen LogP contribution in [0.1, 0.15) is 28.4 Å². The van der Waals surface area contributed by atoms with Crippen molar-refractivity contribution in [1.82, 2.24) is 0 Å². The predicted molar refractivity (Wildman–Crippen MR) is 99.1 cm³/mol. The first kappa shape index (κ1) is 21.5. The molecule has 0 aromatic heterocycles. The van der Waals surface area contributed by atoms with Crippen molar-refractivity contribution in [2.75, 3.05) is 5.32 Å². The highest BCUT2D eigenvalue weighted by Crippen LogP contribution is 2.21. The van der Waals surface area contributed by atoms with Crippen molar-refractivity contribution in [3.05, 3.63) is 59.2 Å². The van der Waals surface area contributed by atoms with Crippen molar-refractivity contribution in [2.45, 2.75) is 37.5 Å². The quantitative estimate of drug-likeness (QED) is 0.735. The number of ether oxygens (including phenoxy) is 1. The van der Waals surface area contributed by atoms with Gasteiger partial charge < -0.3 is 10.1 Å². The van der Waals surface area contributed by atoms with E-state index in [1.54, 1.807) is 0 Å². The molecule has 1 amide bonds. The van der Waals surface area contributed by atoms with Crippen LogP contribution in [0, 0.1) is 13.8 Å². The van der Waals surface area contributed by atoms with Gasteiger partial charge >= 0.3 is 11.7 Å². The second-order valence-electron chi connectivity index (χ2n) is 6.13. The first-order chi connectivity index (χ1) is 13.0. The van der Waals surface area contributed by atoms with E-state index >= 15 is 0 Å². The molecule has 2 aromatic rings. The Morgan fingerprint density at radius 3 is 2.04 bits per heavy atom. The summed E-state index contributed by atoms with van der Waals surface area (Å²) in [7, 11) is -4.75. The van der Waals surface area contributed by atoms with E-state index in [1.807, 2.05) is 32.0 Å². The lowest BCUT2D eigenvalue weighted by Gasteiger charge is -2.16. The Kier molecular flexibility index (Phi) is 6.50. The average Bonchev–Trinajstić information content (AvgIpc) is 2.64. The van der Waals surface area contributed by atoms with Crippen LogP contribution < -0.4 is 5.32 Å². The zero-order valence-electron chi connectivity index (χ0n) is 15.4. The molecule has 0 aliphatic heterocycles. The van der Waals surface area contributed by atoms with Gasteiger partial charge in [0.25, 0.3) is 5.91 Å². The Hall–Kier alpha value is -2.81. The minimum Gasteiger partial charge on any atom is -0.449 e. The number of carbonyl (C=O) groups is 2. The Balaban J connectivity index is 2.07. The largest absolute Gasteiger partial charge is 0.449 e. The number of halogens is 2. The first-order valence-corrected chi connectivity index (χ1v) is 9.79. The molecule has 0 saturated heterocycles. The molecule has 0 spiro atoms. The lowest BCUT2D eigenvalue weighted by Crippen LogP contribution is -2.30. The number of hydrogen-bond acceptors (Lipinski definition) is 5. The summed E-state index contributed by atoms with van der Waals surface area (Å²) in [4.78, 5) is 23.8. The fourth-order valence-corrected chi connectivity index (χ4v) is 3.12. The van der Waals surface area contributed by atoms with Crippen LogP contribution >= 0.6 is 0 Å². The molecule has 28 heavy (non-hydrogen) atoms. The van der Waals surface area contributed by atoms with E-state index in [-0.39, 0.29) is 5.56 Å². The Bertz CT molecular complexity index is 968. The van der Waals surface area contributed by atoms with Crippen molar-refractivity contribution in [3.63, 3.8) is 0 Å². The number of benzene rings is 2. The molecule has 0 saturated carbocycles. The van der Waals surface area contributed by atoms with Gasteiger partial charge in [0.05, 0.1) is 10.5 Å². The summed E-state index contributed by atoms with van der Waals surface area (Å²) >= 11 is 0. The van der Waals surface area contributed by atoms with Gasteiger partial charge in [-0.1, -0.05) is 18.2 Å². The molecule has 0 aliphatic carbocycles. The summed E-state index contributed by atoms with van der Waals surface area (Å²) in [5, 5.41) is 2.70. The fraction of sp³-hybridized carbons (Fsp3) is 0.263. The molecule has 1 N–H and O–H groups in total. The monoisotopic (exact) mass is 411 g/mol. The highest BCUT2D eigenvalue weighted by Gasteiger charge is 2.27. The third-order valence-corrected chi connectivity index (χ3v) is 5.43. The number of amides is 1. The molecule has 2 rings (SSSR count). The van der Waals surface area contributed by atoms with Crippen molar-refractivity contribution < 1.29 is 31.5 Å². The van der Waals surface area contributed by atoms with Crippen LogP contribution in [0.5, 0.6) is 0 Å². The number of nitrogens with one attached hydrogen (secondary N) is 1. The van der Waals surface area contributed by atoms with Crippen molar-refractivity contribution in [2.24, 2.45) is 0 Å². The van der Waals surface area contributed by atoms with Gasteiger partial charge in [-0.15, -0.1) is 0 Å². The molecule has 2 aromatic carbocycles. The zero-order valence-corrected chi connectivity index (χ0v) is 16.2. The van der Waals surface area contributed by atoms with Gasteiger partial charge in [-0.3, -0.25) is 4.79 Å². The molecule has 0 radical (unpaired) electrons. The maximum atomic E-state index is 12.5. The number of hydrogen-bond donors (Lipinski definition) is 1. The number of esters is 1. The van der Waals surface area contributed by atoms with Crippen LogP contribution in [0.2, 0.25) is 0 Å². The fourth-order valence-electron chi connectivity index (χ4n) is 2.40. The lowest BCUT2D eigenvalue weighted by molar-refractivity contribution is -0.123. The molecule has 150 valence electrons.